The number of rotatable bonds is 8. The van der Waals surface area contributed by atoms with E-state index in [9.17, 15) is 14.4 Å². The average Bonchev–Trinajstić information content (AvgIpc) is 3.59. The fourth-order valence-corrected chi connectivity index (χ4v) is 5.54. The van der Waals surface area contributed by atoms with Gasteiger partial charge in [0.25, 0.3) is 0 Å². The summed E-state index contributed by atoms with van der Waals surface area (Å²) in [6.07, 6.45) is 1.10. The lowest BCUT2D eigenvalue weighted by Gasteiger charge is -2.31. The summed E-state index contributed by atoms with van der Waals surface area (Å²) in [5.41, 5.74) is 4.38. The smallest absolute Gasteiger partial charge is 0.407 e. The summed E-state index contributed by atoms with van der Waals surface area (Å²) >= 11 is 0. The average molecular weight is 495 g/mol. The van der Waals surface area contributed by atoms with Crippen molar-refractivity contribution in [3.8, 4) is 11.1 Å². The molecule has 190 valence electrons. The Morgan fingerprint density at radius 2 is 1.67 bits per heavy atom. The Hall–Kier alpha value is -3.43. The van der Waals surface area contributed by atoms with Crippen molar-refractivity contribution in [2.75, 3.05) is 19.8 Å². The van der Waals surface area contributed by atoms with Crippen molar-refractivity contribution in [2.24, 2.45) is 0 Å². The number of ether oxygens (including phenoxy) is 3. The maximum Gasteiger partial charge on any atom is 0.407 e. The Labute approximate surface area is 209 Å². The van der Waals surface area contributed by atoms with Gasteiger partial charge in [0.15, 0.2) is 5.79 Å². The first kappa shape index (κ1) is 24.3. The van der Waals surface area contributed by atoms with E-state index in [0.717, 1.165) is 28.7 Å². The molecule has 9 nitrogen and oxygen atoms in total. The van der Waals surface area contributed by atoms with Gasteiger partial charge in [0.1, 0.15) is 12.6 Å². The SMILES string of the molecule is O=C(O)CCC(NC(=O)OCC1c2ccccc2-c2ccccc21)C(=O)NC1CCCC12OCCO2. The van der Waals surface area contributed by atoms with Gasteiger partial charge >= 0.3 is 12.1 Å². The van der Waals surface area contributed by atoms with Crippen molar-refractivity contribution in [1.29, 1.82) is 0 Å². The van der Waals surface area contributed by atoms with Crippen molar-refractivity contribution in [3.05, 3.63) is 59.7 Å². The predicted molar refractivity (Wildman–Crippen MR) is 129 cm³/mol. The summed E-state index contributed by atoms with van der Waals surface area (Å²) in [5.74, 6) is -2.49. The highest BCUT2D eigenvalue weighted by atomic mass is 16.7. The molecule has 0 aromatic heterocycles. The number of carboxylic acid groups (broad SMARTS) is 1. The zero-order valence-corrected chi connectivity index (χ0v) is 19.9. The summed E-state index contributed by atoms with van der Waals surface area (Å²) in [6, 6.07) is 14.6. The number of hydrogen-bond donors (Lipinski definition) is 3. The molecule has 2 aliphatic carbocycles. The number of fused-ring (bicyclic) bond motifs is 3. The van der Waals surface area contributed by atoms with Gasteiger partial charge in [-0.25, -0.2) is 4.79 Å². The second-order valence-corrected chi connectivity index (χ2v) is 9.42. The lowest BCUT2D eigenvalue weighted by Crippen LogP contribution is -2.55. The first-order valence-corrected chi connectivity index (χ1v) is 12.4. The predicted octanol–water partition coefficient (Wildman–Crippen LogP) is 3.17. The van der Waals surface area contributed by atoms with Crippen LogP contribution in [0.25, 0.3) is 11.1 Å². The third-order valence-electron chi connectivity index (χ3n) is 7.24. The number of nitrogens with one attached hydrogen (secondary N) is 2. The Kier molecular flexibility index (Phi) is 6.93. The zero-order chi connectivity index (χ0) is 25.1. The molecule has 5 rings (SSSR count). The number of amides is 2. The molecule has 2 aromatic rings. The van der Waals surface area contributed by atoms with Crippen molar-refractivity contribution < 1.29 is 33.7 Å². The van der Waals surface area contributed by atoms with Gasteiger partial charge in [-0.05, 0) is 41.5 Å². The molecular formula is C27H30N2O7. The van der Waals surface area contributed by atoms with Gasteiger partial charge in [-0.2, -0.15) is 0 Å². The molecule has 2 aromatic carbocycles. The Bertz CT molecular complexity index is 1090. The minimum Gasteiger partial charge on any atom is -0.481 e. The molecule has 2 atom stereocenters. The summed E-state index contributed by atoms with van der Waals surface area (Å²) in [5, 5.41) is 14.6. The van der Waals surface area contributed by atoms with Gasteiger partial charge in [-0.3, -0.25) is 9.59 Å². The van der Waals surface area contributed by atoms with Crippen molar-refractivity contribution in [3.63, 3.8) is 0 Å². The third kappa shape index (κ3) is 4.81. The largest absolute Gasteiger partial charge is 0.481 e. The normalized spacial score (nSPS) is 20.5. The molecule has 3 N–H and O–H groups in total. The number of alkyl carbamates (subject to hydrolysis) is 1. The number of benzene rings is 2. The van der Waals surface area contributed by atoms with E-state index in [4.69, 9.17) is 19.3 Å². The van der Waals surface area contributed by atoms with E-state index in [1.54, 1.807) is 0 Å². The maximum absolute atomic E-state index is 13.1. The van der Waals surface area contributed by atoms with Crippen LogP contribution in [0.5, 0.6) is 0 Å². The fourth-order valence-electron chi connectivity index (χ4n) is 5.54. The quantitative estimate of drug-likeness (QED) is 0.515. The molecule has 1 spiro atoms. The minimum atomic E-state index is -1.06. The molecule has 1 saturated carbocycles. The molecule has 36 heavy (non-hydrogen) atoms. The maximum atomic E-state index is 13.1. The van der Waals surface area contributed by atoms with Crippen molar-refractivity contribution in [1.82, 2.24) is 10.6 Å². The number of carboxylic acids is 1. The molecule has 0 bridgehead atoms. The van der Waals surface area contributed by atoms with Crippen LogP contribution in [0.3, 0.4) is 0 Å². The van der Waals surface area contributed by atoms with Crippen LogP contribution in [0.15, 0.2) is 48.5 Å². The van der Waals surface area contributed by atoms with Gasteiger partial charge in [0, 0.05) is 18.8 Å². The van der Waals surface area contributed by atoms with Crippen molar-refractivity contribution >= 4 is 18.0 Å². The highest BCUT2D eigenvalue weighted by Crippen LogP contribution is 2.44. The Morgan fingerprint density at radius 1 is 1.03 bits per heavy atom. The second kappa shape index (κ2) is 10.3. The molecular weight excluding hydrogens is 464 g/mol. The number of hydrogen-bond acceptors (Lipinski definition) is 6. The van der Waals surface area contributed by atoms with Crippen LogP contribution in [0.1, 0.15) is 49.1 Å². The molecule has 1 heterocycles. The van der Waals surface area contributed by atoms with Gasteiger partial charge in [-0.1, -0.05) is 48.5 Å². The van der Waals surface area contributed by atoms with E-state index in [0.29, 0.717) is 26.1 Å². The van der Waals surface area contributed by atoms with Crippen LogP contribution in [-0.2, 0) is 23.8 Å². The van der Waals surface area contributed by atoms with E-state index < -0.39 is 29.8 Å². The van der Waals surface area contributed by atoms with Crippen LogP contribution in [0.4, 0.5) is 4.79 Å². The molecule has 1 saturated heterocycles. The van der Waals surface area contributed by atoms with Crippen LogP contribution >= 0.6 is 0 Å². The Balaban J connectivity index is 1.23. The first-order valence-electron chi connectivity index (χ1n) is 12.4. The molecule has 2 amide bonds. The van der Waals surface area contributed by atoms with E-state index >= 15 is 0 Å². The van der Waals surface area contributed by atoms with E-state index in [2.05, 4.69) is 10.6 Å². The van der Waals surface area contributed by atoms with E-state index in [1.807, 2.05) is 48.5 Å². The van der Waals surface area contributed by atoms with Gasteiger partial charge in [0.2, 0.25) is 5.91 Å². The summed E-state index contributed by atoms with van der Waals surface area (Å²) in [6.45, 7) is 1.03. The van der Waals surface area contributed by atoms with Crippen LogP contribution in [0, 0.1) is 0 Å². The lowest BCUT2D eigenvalue weighted by atomic mass is 9.98. The molecule has 0 radical (unpaired) electrons. The van der Waals surface area contributed by atoms with Crippen LogP contribution < -0.4 is 10.6 Å². The van der Waals surface area contributed by atoms with E-state index in [-0.39, 0.29) is 31.4 Å². The van der Waals surface area contributed by atoms with E-state index in [1.165, 1.54) is 0 Å². The molecule has 9 heteroatoms. The number of carbonyl (C=O) groups is 3. The minimum absolute atomic E-state index is 0.0627. The monoisotopic (exact) mass is 494 g/mol. The van der Waals surface area contributed by atoms with Gasteiger partial charge in [-0.15, -0.1) is 0 Å². The van der Waals surface area contributed by atoms with Gasteiger partial charge < -0.3 is 30.0 Å². The lowest BCUT2D eigenvalue weighted by molar-refractivity contribution is -0.170. The highest BCUT2D eigenvalue weighted by molar-refractivity contribution is 5.86. The standard InChI is InChI=1S/C27H30N2O7/c30-24(31)12-11-22(25(32)29-23-10-5-13-27(23)35-14-15-36-27)28-26(33)34-16-21-19-8-3-1-6-17(19)18-7-2-4-9-20(18)21/h1-4,6-9,21-23H,5,10-16H2,(H,28,33)(H,29,32)(H,30,31). The molecule has 2 fully saturated rings. The zero-order valence-electron chi connectivity index (χ0n) is 19.9. The Morgan fingerprint density at radius 3 is 2.31 bits per heavy atom. The third-order valence-corrected chi connectivity index (χ3v) is 7.24. The van der Waals surface area contributed by atoms with Crippen LogP contribution in [-0.4, -0.2) is 60.8 Å². The number of carbonyl (C=O) groups excluding carboxylic acids is 2. The fraction of sp³-hybridized carbons (Fsp3) is 0.444. The highest BCUT2D eigenvalue weighted by Gasteiger charge is 2.49. The van der Waals surface area contributed by atoms with Crippen molar-refractivity contribution in [2.45, 2.75) is 55.9 Å². The summed E-state index contributed by atoms with van der Waals surface area (Å²) < 4.78 is 17.1. The molecule has 1 aliphatic heterocycles. The van der Waals surface area contributed by atoms with Crippen LogP contribution in [0.2, 0.25) is 0 Å². The molecule has 3 aliphatic rings. The van der Waals surface area contributed by atoms with Gasteiger partial charge in [0.05, 0.1) is 19.3 Å². The number of aliphatic carboxylic acids is 1. The molecule has 2 unspecified atom stereocenters. The summed E-state index contributed by atoms with van der Waals surface area (Å²) in [7, 11) is 0. The topological polar surface area (TPSA) is 123 Å². The first-order chi connectivity index (χ1) is 17.5. The second-order valence-electron chi connectivity index (χ2n) is 9.42. The summed E-state index contributed by atoms with van der Waals surface area (Å²) in [4.78, 5) is 37.0.